The van der Waals surface area contributed by atoms with Crippen LogP contribution in [0.1, 0.15) is 37.2 Å². The maximum Gasteiger partial charge on any atom is 0.224 e. The van der Waals surface area contributed by atoms with E-state index in [1.54, 1.807) is 0 Å². The molecule has 6 heteroatoms. The lowest BCUT2D eigenvalue weighted by atomic mass is 9.96. The van der Waals surface area contributed by atoms with Gasteiger partial charge in [-0.25, -0.2) is 4.98 Å². The minimum atomic E-state index is -0.00887. The first-order valence-corrected chi connectivity index (χ1v) is 12.7. The highest BCUT2D eigenvalue weighted by Gasteiger charge is 2.28. The molecule has 0 bridgehead atoms. The van der Waals surface area contributed by atoms with Crippen molar-refractivity contribution in [1.82, 2.24) is 19.8 Å². The third-order valence-electron chi connectivity index (χ3n) is 6.61. The largest absolute Gasteiger partial charge is 0.349 e. The molecule has 0 saturated carbocycles. The number of aromatic nitrogens is 2. The molecule has 2 heterocycles. The lowest BCUT2D eigenvalue weighted by molar-refractivity contribution is -0.127. The van der Waals surface area contributed by atoms with Crippen LogP contribution in [0.2, 0.25) is 0 Å². The predicted octanol–water partition coefficient (Wildman–Crippen LogP) is 5.88. The number of imidazole rings is 1. The van der Waals surface area contributed by atoms with Crippen LogP contribution in [0.4, 0.5) is 0 Å². The number of fused-ring (bicyclic) bond motifs is 1. The number of para-hydroxylation sites is 2. The van der Waals surface area contributed by atoms with Crippen LogP contribution < -0.4 is 5.32 Å². The summed E-state index contributed by atoms with van der Waals surface area (Å²) in [7, 11) is 0. The van der Waals surface area contributed by atoms with E-state index >= 15 is 0 Å². The molecular weight excluding hydrogens is 488 g/mol. The summed E-state index contributed by atoms with van der Waals surface area (Å²) in [4.78, 5) is 20.4. The minimum absolute atomic E-state index is 0.00526. The van der Waals surface area contributed by atoms with Gasteiger partial charge in [0.2, 0.25) is 5.91 Å². The highest BCUT2D eigenvalue weighted by atomic mass is 79.9. The van der Waals surface area contributed by atoms with Gasteiger partial charge >= 0.3 is 0 Å². The second kappa shape index (κ2) is 10.1. The molecule has 1 amide bonds. The molecule has 0 unspecified atom stereocenters. The Morgan fingerprint density at radius 2 is 1.79 bits per heavy atom. The molecule has 0 aliphatic carbocycles. The summed E-state index contributed by atoms with van der Waals surface area (Å²) in [6, 6.07) is 26.7. The van der Waals surface area contributed by atoms with Crippen molar-refractivity contribution in [1.29, 1.82) is 0 Å². The molecular formula is C28H29BrN4O. The first-order valence-electron chi connectivity index (χ1n) is 11.9. The van der Waals surface area contributed by atoms with Crippen LogP contribution >= 0.6 is 15.9 Å². The molecule has 5 rings (SSSR count). The van der Waals surface area contributed by atoms with Gasteiger partial charge in [-0.15, -0.1) is 0 Å². The Labute approximate surface area is 208 Å². The Bertz CT molecular complexity index is 1270. The molecule has 4 aromatic rings. The van der Waals surface area contributed by atoms with Gasteiger partial charge in [-0.1, -0.05) is 58.4 Å². The van der Waals surface area contributed by atoms with Crippen molar-refractivity contribution in [3.05, 3.63) is 94.7 Å². The minimum Gasteiger partial charge on any atom is -0.349 e. The van der Waals surface area contributed by atoms with Crippen molar-refractivity contribution in [3.8, 4) is 5.69 Å². The average Bonchev–Trinajstić information content (AvgIpc) is 3.23. The zero-order valence-corrected chi connectivity index (χ0v) is 20.9. The number of nitrogens with zero attached hydrogens (tertiary/aromatic N) is 3. The van der Waals surface area contributed by atoms with Gasteiger partial charge < -0.3 is 5.32 Å². The Balaban J connectivity index is 1.33. The van der Waals surface area contributed by atoms with E-state index in [0.717, 1.165) is 58.5 Å². The normalized spacial score (nSPS) is 17.5. The number of nitrogens with one attached hydrogen (secondary N) is 1. The molecule has 2 atom stereocenters. The van der Waals surface area contributed by atoms with E-state index in [1.165, 1.54) is 0 Å². The first kappa shape index (κ1) is 22.8. The van der Waals surface area contributed by atoms with Gasteiger partial charge in [-0.05, 0) is 68.3 Å². The van der Waals surface area contributed by atoms with Crippen LogP contribution in [0.15, 0.2) is 83.3 Å². The van der Waals surface area contributed by atoms with Crippen LogP contribution in [0.5, 0.6) is 0 Å². The fraction of sp³-hybridized carbons (Fsp3) is 0.286. The molecule has 1 aliphatic heterocycles. The van der Waals surface area contributed by atoms with Crippen LogP contribution in [-0.2, 0) is 11.3 Å². The number of benzene rings is 3. The molecule has 1 fully saturated rings. The summed E-state index contributed by atoms with van der Waals surface area (Å²) in [5.74, 6) is 1.13. The van der Waals surface area contributed by atoms with Crippen LogP contribution in [0.25, 0.3) is 16.7 Å². The third kappa shape index (κ3) is 4.93. The molecule has 1 N–H and O–H groups in total. The van der Waals surface area contributed by atoms with Crippen molar-refractivity contribution in [2.45, 2.75) is 32.4 Å². The zero-order valence-electron chi connectivity index (χ0n) is 19.3. The first-order chi connectivity index (χ1) is 16.6. The topological polar surface area (TPSA) is 50.2 Å². The molecule has 0 radical (unpaired) electrons. The number of rotatable bonds is 6. The van der Waals surface area contributed by atoms with E-state index in [9.17, 15) is 4.79 Å². The van der Waals surface area contributed by atoms with E-state index in [0.29, 0.717) is 6.54 Å². The zero-order chi connectivity index (χ0) is 23.5. The number of piperidine rings is 1. The SMILES string of the molecule is C[C@H](NC(=O)[C@H]1CCCN(Cc2nc3ccccc3n2-c2ccc(Br)cc2)C1)c1ccccc1. The van der Waals surface area contributed by atoms with Gasteiger partial charge in [-0.3, -0.25) is 14.3 Å². The number of halogens is 1. The molecule has 34 heavy (non-hydrogen) atoms. The molecule has 3 aromatic carbocycles. The van der Waals surface area contributed by atoms with Gasteiger partial charge in [0, 0.05) is 16.7 Å². The molecule has 1 aromatic heterocycles. The van der Waals surface area contributed by atoms with Gasteiger partial charge in [0.1, 0.15) is 5.82 Å². The van der Waals surface area contributed by atoms with E-state index in [-0.39, 0.29) is 17.9 Å². The summed E-state index contributed by atoms with van der Waals surface area (Å²) >= 11 is 3.54. The maximum absolute atomic E-state index is 13.1. The quantitative estimate of drug-likeness (QED) is 0.348. The highest BCUT2D eigenvalue weighted by molar-refractivity contribution is 9.10. The number of hydrogen-bond donors (Lipinski definition) is 1. The summed E-state index contributed by atoms with van der Waals surface area (Å²) in [6.45, 7) is 4.48. The fourth-order valence-electron chi connectivity index (χ4n) is 4.83. The van der Waals surface area contributed by atoms with Crippen molar-refractivity contribution < 1.29 is 4.79 Å². The van der Waals surface area contributed by atoms with E-state index in [2.05, 4.69) is 92.2 Å². The number of carbonyl (C=O) groups excluding carboxylic acids is 1. The molecule has 1 aliphatic rings. The van der Waals surface area contributed by atoms with Gasteiger partial charge in [0.05, 0.1) is 29.5 Å². The fourth-order valence-corrected chi connectivity index (χ4v) is 5.09. The van der Waals surface area contributed by atoms with E-state index < -0.39 is 0 Å². The smallest absolute Gasteiger partial charge is 0.224 e. The van der Waals surface area contributed by atoms with Crippen molar-refractivity contribution in [2.75, 3.05) is 13.1 Å². The number of carbonyl (C=O) groups is 1. The van der Waals surface area contributed by atoms with Crippen molar-refractivity contribution in [2.24, 2.45) is 5.92 Å². The van der Waals surface area contributed by atoms with Gasteiger partial charge in [0.15, 0.2) is 0 Å². The average molecular weight is 517 g/mol. The standard InChI is InChI=1S/C28H29BrN4O/c1-20(21-8-3-2-4-9-21)30-28(34)22-10-7-17-32(18-22)19-27-31-25-11-5-6-12-26(25)33(27)24-15-13-23(29)14-16-24/h2-6,8-9,11-16,20,22H,7,10,17-19H2,1H3,(H,30,34)/t20-,22-/m0/s1. The second-order valence-corrected chi connectivity index (χ2v) is 9.96. The molecule has 174 valence electrons. The number of likely N-dealkylation sites (tertiary alicyclic amines) is 1. The summed E-state index contributed by atoms with van der Waals surface area (Å²) in [6.07, 6.45) is 1.93. The third-order valence-corrected chi connectivity index (χ3v) is 7.14. The Morgan fingerprint density at radius 3 is 2.59 bits per heavy atom. The van der Waals surface area contributed by atoms with Crippen LogP contribution in [-0.4, -0.2) is 33.4 Å². The molecule has 1 saturated heterocycles. The summed E-state index contributed by atoms with van der Waals surface area (Å²) in [5, 5.41) is 3.22. The van der Waals surface area contributed by atoms with Gasteiger partial charge in [0.25, 0.3) is 0 Å². The van der Waals surface area contributed by atoms with Crippen molar-refractivity contribution in [3.63, 3.8) is 0 Å². The lowest BCUT2D eigenvalue weighted by Gasteiger charge is -2.32. The Hall–Kier alpha value is -2.96. The van der Waals surface area contributed by atoms with Gasteiger partial charge in [-0.2, -0.15) is 0 Å². The molecule has 5 nitrogen and oxygen atoms in total. The lowest BCUT2D eigenvalue weighted by Crippen LogP contribution is -2.43. The van der Waals surface area contributed by atoms with E-state index in [1.807, 2.05) is 24.3 Å². The maximum atomic E-state index is 13.1. The highest BCUT2D eigenvalue weighted by Crippen LogP contribution is 2.26. The number of amides is 1. The van der Waals surface area contributed by atoms with Crippen LogP contribution in [0.3, 0.4) is 0 Å². The molecule has 0 spiro atoms. The van der Waals surface area contributed by atoms with E-state index in [4.69, 9.17) is 4.98 Å². The second-order valence-electron chi connectivity index (χ2n) is 9.04. The summed E-state index contributed by atoms with van der Waals surface area (Å²) < 4.78 is 3.29. The predicted molar refractivity (Wildman–Crippen MR) is 140 cm³/mol. The Kier molecular flexibility index (Phi) is 6.79. The van der Waals surface area contributed by atoms with Crippen molar-refractivity contribution >= 4 is 32.9 Å². The summed E-state index contributed by atoms with van der Waals surface area (Å²) in [5.41, 5.74) is 4.31. The monoisotopic (exact) mass is 516 g/mol. The Morgan fingerprint density at radius 1 is 1.06 bits per heavy atom. The van der Waals surface area contributed by atoms with Crippen LogP contribution in [0, 0.1) is 5.92 Å². The number of hydrogen-bond acceptors (Lipinski definition) is 3.